The Bertz CT molecular complexity index is 2530. The van der Waals surface area contributed by atoms with Crippen LogP contribution in [0.5, 0.6) is 0 Å². The average Bonchev–Trinajstić information content (AvgIpc) is 3.72. The van der Waals surface area contributed by atoms with Gasteiger partial charge in [-0.15, -0.1) is 0 Å². The van der Waals surface area contributed by atoms with Crippen LogP contribution in [-0.2, 0) is 5.41 Å². The third kappa shape index (κ3) is 4.59. The van der Waals surface area contributed by atoms with E-state index in [1.165, 1.54) is 16.9 Å². The highest BCUT2D eigenvalue weighted by Gasteiger charge is 2.47. The number of hydrogen-bond acceptors (Lipinski definition) is 5. The molecule has 7 aromatic rings. The maximum absolute atomic E-state index is 7.09. The zero-order valence-corrected chi connectivity index (χ0v) is 29.1. The van der Waals surface area contributed by atoms with Gasteiger partial charge in [0.15, 0.2) is 11.6 Å². The van der Waals surface area contributed by atoms with E-state index in [0.717, 1.165) is 44.5 Å². The highest BCUT2D eigenvalue weighted by atomic mass is 16.3. The molecular weight excluding hydrogens is 637 g/mol. The largest absolute Gasteiger partial charge is 0.459 e. The molecule has 1 aliphatic heterocycles. The monoisotopic (exact) mass is 672 g/mol. The highest BCUT2D eigenvalue weighted by Crippen LogP contribution is 2.55. The SMILES string of the molecule is CC1(c2nc(-c3ccccc3)nc(-c3ccccc3)n2)CC=Cc2c1oc1c(-c3ccc4c(c3)C3C=CC=CC3(C)N4c3ccccc3)cccc21. The molecule has 52 heavy (non-hydrogen) atoms. The predicted molar refractivity (Wildman–Crippen MR) is 210 cm³/mol. The summed E-state index contributed by atoms with van der Waals surface area (Å²) in [7, 11) is 0. The standard InChI is InChI=1S/C47H36N4O/c1-46(45-49-43(31-16-6-3-7-17-31)48-44(50-45)32-18-8-4-9-19-32)28-15-24-37-36-23-14-22-35(41(36)52-42(37)46)33-26-27-40-38(30-33)39-25-12-13-29-47(39,2)51(40)34-20-10-5-11-21-34/h3-27,29-30,39H,28H2,1-2H3. The molecular formula is C47H36N4O. The number of hydrogen-bond donors (Lipinski definition) is 0. The van der Waals surface area contributed by atoms with Crippen LogP contribution in [0.3, 0.4) is 0 Å². The van der Waals surface area contributed by atoms with Crippen LogP contribution in [0.25, 0.3) is 50.9 Å². The van der Waals surface area contributed by atoms with Gasteiger partial charge >= 0.3 is 0 Å². The fourth-order valence-corrected chi connectivity index (χ4v) is 8.48. The summed E-state index contributed by atoms with van der Waals surface area (Å²) in [5.74, 6) is 3.09. The zero-order valence-electron chi connectivity index (χ0n) is 29.1. The summed E-state index contributed by atoms with van der Waals surface area (Å²) in [6.07, 6.45) is 14.2. The minimum atomic E-state index is -0.620. The van der Waals surface area contributed by atoms with Crippen LogP contribution in [0.4, 0.5) is 11.4 Å². The molecule has 0 bridgehead atoms. The molecule has 0 saturated carbocycles. The Morgan fingerprint density at radius 1 is 0.692 bits per heavy atom. The molecule has 0 fully saturated rings. The van der Waals surface area contributed by atoms with Crippen molar-refractivity contribution in [2.24, 2.45) is 0 Å². The van der Waals surface area contributed by atoms with Crippen molar-refractivity contribution in [1.82, 2.24) is 15.0 Å². The summed E-state index contributed by atoms with van der Waals surface area (Å²) in [5.41, 5.74) is 8.99. The first-order valence-electron chi connectivity index (χ1n) is 18.0. The average molecular weight is 673 g/mol. The molecule has 3 aliphatic rings. The first-order chi connectivity index (χ1) is 25.5. The molecule has 3 atom stereocenters. The topological polar surface area (TPSA) is 55.1 Å². The lowest BCUT2D eigenvalue weighted by Gasteiger charge is -2.39. The van der Waals surface area contributed by atoms with Crippen molar-refractivity contribution in [3.8, 4) is 33.9 Å². The van der Waals surface area contributed by atoms with Crippen molar-refractivity contribution in [3.05, 3.63) is 180 Å². The van der Waals surface area contributed by atoms with Crippen LogP contribution in [0, 0.1) is 0 Å². The fourth-order valence-electron chi connectivity index (χ4n) is 8.48. The van der Waals surface area contributed by atoms with E-state index >= 15 is 0 Å². The van der Waals surface area contributed by atoms with Gasteiger partial charge in [0.25, 0.3) is 0 Å². The zero-order chi connectivity index (χ0) is 34.9. The number of nitrogens with zero attached hydrogens (tertiary/aromatic N) is 4. The lowest BCUT2D eigenvalue weighted by molar-refractivity contribution is 0.408. The highest BCUT2D eigenvalue weighted by molar-refractivity contribution is 5.99. The molecule has 5 nitrogen and oxygen atoms in total. The van der Waals surface area contributed by atoms with E-state index in [1.807, 2.05) is 60.7 Å². The van der Waals surface area contributed by atoms with E-state index in [4.69, 9.17) is 19.4 Å². The Hall–Kier alpha value is -6.33. The molecule has 2 aliphatic carbocycles. The summed E-state index contributed by atoms with van der Waals surface area (Å²) >= 11 is 0. The third-order valence-electron chi connectivity index (χ3n) is 11.1. The maximum atomic E-state index is 7.09. The molecule has 2 aromatic heterocycles. The van der Waals surface area contributed by atoms with E-state index in [0.29, 0.717) is 23.9 Å². The Balaban J connectivity index is 1.12. The Morgan fingerprint density at radius 2 is 1.38 bits per heavy atom. The van der Waals surface area contributed by atoms with Crippen molar-refractivity contribution in [3.63, 3.8) is 0 Å². The lowest BCUT2D eigenvalue weighted by atomic mass is 9.77. The maximum Gasteiger partial charge on any atom is 0.163 e. The summed E-state index contributed by atoms with van der Waals surface area (Å²) in [6.45, 7) is 4.54. The summed E-state index contributed by atoms with van der Waals surface area (Å²) < 4.78 is 7.09. The normalized spacial score (nSPS) is 21.3. The molecule has 10 rings (SSSR count). The number of rotatable bonds is 5. The smallest absolute Gasteiger partial charge is 0.163 e. The molecule has 3 unspecified atom stereocenters. The third-order valence-corrected chi connectivity index (χ3v) is 11.1. The second-order valence-corrected chi connectivity index (χ2v) is 14.4. The molecule has 0 saturated heterocycles. The molecule has 250 valence electrons. The van der Waals surface area contributed by atoms with Gasteiger partial charge in [-0.05, 0) is 55.7 Å². The lowest BCUT2D eigenvalue weighted by Crippen LogP contribution is -2.41. The molecule has 5 heteroatoms. The second kappa shape index (κ2) is 11.6. The van der Waals surface area contributed by atoms with Crippen LogP contribution in [0.2, 0.25) is 0 Å². The van der Waals surface area contributed by atoms with Crippen molar-refractivity contribution in [2.75, 3.05) is 4.90 Å². The molecule has 0 spiro atoms. The number of allylic oxidation sites excluding steroid dienone is 3. The second-order valence-electron chi connectivity index (χ2n) is 14.4. The van der Waals surface area contributed by atoms with Crippen molar-refractivity contribution in [1.29, 1.82) is 0 Å². The van der Waals surface area contributed by atoms with E-state index in [-0.39, 0.29) is 11.5 Å². The van der Waals surface area contributed by atoms with Gasteiger partial charge in [-0.2, -0.15) is 0 Å². The van der Waals surface area contributed by atoms with Gasteiger partial charge in [0.1, 0.15) is 17.2 Å². The number of furan rings is 1. The molecule has 3 heterocycles. The molecule has 0 amide bonds. The number of para-hydroxylation sites is 2. The van der Waals surface area contributed by atoms with E-state index < -0.39 is 5.41 Å². The summed E-state index contributed by atoms with van der Waals surface area (Å²) in [5, 5.41) is 1.09. The number of fused-ring (bicyclic) bond motifs is 6. The minimum Gasteiger partial charge on any atom is -0.459 e. The summed E-state index contributed by atoms with van der Waals surface area (Å²) in [4.78, 5) is 17.8. The van der Waals surface area contributed by atoms with Gasteiger partial charge in [-0.3, -0.25) is 0 Å². The predicted octanol–water partition coefficient (Wildman–Crippen LogP) is 11.5. The number of anilines is 2. The number of benzene rings is 5. The van der Waals surface area contributed by atoms with E-state index in [1.54, 1.807) is 0 Å². The van der Waals surface area contributed by atoms with Crippen LogP contribution >= 0.6 is 0 Å². The van der Waals surface area contributed by atoms with Crippen LogP contribution in [0.15, 0.2) is 162 Å². The van der Waals surface area contributed by atoms with Crippen LogP contribution in [0.1, 0.15) is 48.9 Å². The van der Waals surface area contributed by atoms with Gasteiger partial charge in [-0.25, -0.2) is 15.0 Å². The van der Waals surface area contributed by atoms with E-state index in [2.05, 4.69) is 122 Å². The Labute approximate surface area is 303 Å². The Kier molecular flexibility index (Phi) is 6.81. The molecule has 0 N–H and O–H groups in total. The van der Waals surface area contributed by atoms with Gasteiger partial charge in [-0.1, -0.05) is 140 Å². The van der Waals surface area contributed by atoms with E-state index in [9.17, 15) is 0 Å². The quantitative estimate of drug-likeness (QED) is 0.182. The molecule has 0 radical (unpaired) electrons. The van der Waals surface area contributed by atoms with Crippen LogP contribution in [-0.4, -0.2) is 20.5 Å². The first-order valence-corrected chi connectivity index (χ1v) is 18.0. The van der Waals surface area contributed by atoms with Gasteiger partial charge < -0.3 is 9.32 Å². The molecule has 5 aromatic carbocycles. The van der Waals surface area contributed by atoms with Crippen molar-refractivity contribution in [2.45, 2.75) is 37.1 Å². The van der Waals surface area contributed by atoms with Crippen molar-refractivity contribution < 1.29 is 4.42 Å². The van der Waals surface area contributed by atoms with Gasteiger partial charge in [0.2, 0.25) is 0 Å². The fraction of sp³-hybridized carbons (Fsp3) is 0.128. The Morgan fingerprint density at radius 3 is 2.10 bits per heavy atom. The van der Waals surface area contributed by atoms with Gasteiger partial charge in [0, 0.05) is 44.9 Å². The first kappa shape index (κ1) is 30.5. The van der Waals surface area contributed by atoms with Crippen molar-refractivity contribution >= 4 is 28.4 Å². The minimum absolute atomic E-state index is 0.207. The number of aromatic nitrogens is 3. The summed E-state index contributed by atoms with van der Waals surface area (Å²) in [6, 6.07) is 44.4. The van der Waals surface area contributed by atoms with Gasteiger partial charge in [0.05, 0.1) is 11.0 Å². The van der Waals surface area contributed by atoms with Crippen LogP contribution < -0.4 is 4.90 Å².